The molecule has 2 aliphatic heterocycles. The first-order valence-corrected chi connectivity index (χ1v) is 5.12. The molecule has 0 saturated carbocycles. The van der Waals surface area contributed by atoms with Crippen LogP contribution in [0, 0.1) is 11.8 Å². The van der Waals surface area contributed by atoms with Gasteiger partial charge in [-0.2, -0.15) is 0 Å². The van der Waals surface area contributed by atoms with E-state index in [0.29, 0.717) is 13.2 Å². The zero-order valence-electron chi connectivity index (χ0n) is 8.56. The van der Waals surface area contributed by atoms with Gasteiger partial charge in [-0.1, -0.05) is 13.8 Å². The average molecular weight is 200 g/mol. The van der Waals surface area contributed by atoms with Gasteiger partial charge >= 0.3 is 5.97 Å². The fraction of sp³-hybridized carbons (Fsp3) is 0.900. The molecule has 0 aromatic heterocycles. The monoisotopic (exact) mass is 200 g/mol. The molecule has 0 unspecified atom stereocenters. The Hall–Kier alpha value is -0.610. The van der Waals surface area contributed by atoms with Crippen molar-refractivity contribution in [3.63, 3.8) is 0 Å². The molecule has 2 saturated heterocycles. The molecule has 0 aliphatic carbocycles. The SMILES string of the molecule is CC(C)C(=O)O[C@H]1CO[C@H]2OCC[C@H]21. The van der Waals surface area contributed by atoms with Crippen LogP contribution in [0.3, 0.4) is 0 Å². The van der Waals surface area contributed by atoms with Crippen LogP contribution in [0.5, 0.6) is 0 Å². The quantitative estimate of drug-likeness (QED) is 0.622. The number of carbonyl (C=O) groups excluding carboxylic acids is 1. The topological polar surface area (TPSA) is 44.8 Å². The molecule has 4 heteroatoms. The number of esters is 1. The molecular weight excluding hydrogens is 184 g/mol. The lowest BCUT2D eigenvalue weighted by molar-refractivity contribution is -0.154. The van der Waals surface area contributed by atoms with Gasteiger partial charge in [-0.05, 0) is 6.42 Å². The summed E-state index contributed by atoms with van der Waals surface area (Å²) in [6.07, 6.45) is 0.693. The van der Waals surface area contributed by atoms with Crippen molar-refractivity contribution in [2.24, 2.45) is 11.8 Å². The maximum absolute atomic E-state index is 11.4. The van der Waals surface area contributed by atoms with Crippen molar-refractivity contribution in [3.05, 3.63) is 0 Å². The van der Waals surface area contributed by atoms with Crippen LogP contribution in [0.1, 0.15) is 20.3 Å². The first kappa shape index (κ1) is 9.93. The van der Waals surface area contributed by atoms with E-state index in [1.807, 2.05) is 13.8 Å². The Morgan fingerprint density at radius 2 is 2.21 bits per heavy atom. The summed E-state index contributed by atoms with van der Waals surface area (Å²) in [6, 6.07) is 0. The fourth-order valence-corrected chi connectivity index (χ4v) is 1.83. The summed E-state index contributed by atoms with van der Waals surface area (Å²) in [5.41, 5.74) is 0. The minimum atomic E-state index is -0.147. The van der Waals surface area contributed by atoms with Gasteiger partial charge < -0.3 is 14.2 Å². The zero-order valence-corrected chi connectivity index (χ0v) is 8.56. The molecule has 2 heterocycles. The van der Waals surface area contributed by atoms with E-state index >= 15 is 0 Å². The van der Waals surface area contributed by atoms with Gasteiger partial charge in [0, 0.05) is 0 Å². The molecule has 3 atom stereocenters. The third-order valence-electron chi connectivity index (χ3n) is 2.72. The van der Waals surface area contributed by atoms with Crippen molar-refractivity contribution in [2.75, 3.05) is 13.2 Å². The Bertz CT molecular complexity index is 226. The van der Waals surface area contributed by atoms with Crippen molar-refractivity contribution < 1.29 is 19.0 Å². The van der Waals surface area contributed by atoms with E-state index in [-0.39, 0.29) is 30.2 Å². The van der Waals surface area contributed by atoms with Crippen molar-refractivity contribution >= 4 is 5.97 Å². The van der Waals surface area contributed by atoms with Crippen molar-refractivity contribution in [1.82, 2.24) is 0 Å². The zero-order chi connectivity index (χ0) is 10.1. The highest BCUT2D eigenvalue weighted by molar-refractivity contribution is 5.71. The van der Waals surface area contributed by atoms with Crippen LogP contribution < -0.4 is 0 Å². The second kappa shape index (κ2) is 3.87. The molecule has 0 spiro atoms. The second-order valence-electron chi connectivity index (χ2n) is 4.16. The summed E-state index contributed by atoms with van der Waals surface area (Å²) in [7, 11) is 0. The molecule has 80 valence electrons. The first-order valence-electron chi connectivity index (χ1n) is 5.12. The van der Waals surface area contributed by atoms with E-state index in [1.54, 1.807) is 0 Å². The molecule has 4 nitrogen and oxygen atoms in total. The largest absolute Gasteiger partial charge is 0.459 e. The van der Waals surface area contributed by atoms with Crippen molar-refractivity contribution in [2.45, 2.75) is 32.7 Å². The van der Waals surface area contributed by atoms with E-state index < -0.39 is 0 Å². The lowest BCUT2D eigenvalue weighted by Crippen LogP contribution is -2.28. The molecule has 2 rings (SSSR count). The molecule has 0 amide bonds. The highest BCUT2D eigenvalue weighted by atomic mass is 16.7. The average Bonchev–Trinajstić information content (AvgIpc) is 2.69. The highest BCUT2D eigenvalue weighted by Crippen LogP contribution is 2.33. The Morgan fingerprint density at radius 3 is 2.93 bits per heavy atom. The summed E-state index contributed by atoms with van der Waals surface area (Å²) < 4.78 is 16.0. The van der Waals surface area contributed by atoms with Gasteiger partial charge in [-0.15, -0.1) is 0 Å². The predicted molar refractivity (Wildman–Crippen MR) is 48.5 cm³/mol. The van der Waals surface area contributed by atoms with Crippen LogP contribution in [0.25, 0.3) is 0 Å². The highest BCUT2D eigenvalue weighted by Gasteiger charge is 2.43. The number of fused-ring (bicyclic) bond motifs is 1. The Kier molecular flexibility index (Phi) is 2.74. The molecule has 2 aliphatic rings. The van der Waals surface area contributed by atoms with E-state index in [1.165, 1.54) is 0 Å². The summed E-state index contributed by atoms with van der Waals surface area (Å²) >= 11 is 0. The van der Waals surface area contributed by atoms with E-state index in [2.05, 4.69) is 0 Å². The lowest BCUT2D eigenvalue weighted by atomic mass is 10.0. The number of ether oxygens (including phenoxy) is 3. The fourth-order valence-electron chi connectivity index (χ4n) is 1.83. The van der Waals surface area contributed by atoms with Crippen LogP contribution in [0.15, 0.2) is 0 Å². The van der Waals surface area contributed by atoms with Crippen LogP contribution in [-0.4, -0.2) is 31.6 Å². The number of hydrogen-bond acceptors (Lipinski definition) is 4. The van der Waals surface area contributed by atoms with Crippen LogP contribution >= 0.6 is 0 Å². The van der Waals surface area contributed by atoms with Crippen molar-refractivity contribution in [1.29, 1.82) is 0 Å². The molecule has 0 radical (unpaired) electrons. The normalized spacial score (nSPS) is 36.1. The van der Waals surface area contributed by atoms with Gasteiger partial charge in [0.05, 0.1) is 25.0 Å². The van der Waals surface area contributed by atoms with Crippen LogP contribution in [0.4, 0.5) is 0 Å². The third kappa shape index (κ3) is 1.77. The first-order chi connectivity index (χ1) is 6.68. The van der Waals surface area contributed by atoms with E-state index in [9.17, 15) is 4.79 Å². The van der Waals surface area contributed by atoms with Gasteiger partial charge in [0.2, 0.25) is 0 Å². The summed E-state index contributed by atoms with van der Waals surface area (Å²) in [4.78, 5) is 11.4. The Morgan fingerprint density at radius 1 is 1.43 bits per heavy atom. The van der Waals surface area contributed by atoms with E-state index in [4.69, 9.17) is 14.2 Å². The van der Waals surface area contributed by atoms with Crippen LogP contribution in [-0.2, 0) is 19.0 Å². The summed E-state index contributed by atoms with van der Waals surface area (Å²) in [5, 5.41) is 0. The van der Waals surface area contributed by atoms with Gasteiger partial charge in [-0.3, -0.25) is 4.79 Å². The van der Waals surface area contributed by atoms with E-state index in [0.717, 1.165) is 6.42 Å². The van der Waals surface area contributed by atoms with Crippen molar-refractivity contribution in [3.8, 4) is 0 Å². The minimum Gasteiger partial charge on any atom is -0.459 e. The van der Waals surface area contributed by atoms with Gasteiger partial charge in [0.1, 0.15) is 6.10 Å². The minimum absolute atomic E-state index is 0.0728. The lowest BCUT2D eigenvalue weighted by Gasteiger charge is -2.16. The molecule has 0 aromatic rings. The maximum atomic E-state index is 11.4. The standard InChI is InChI=1S/C10H16O4/c1-6(2)9(11)14-8-5-13-10-7(8)3-4-12-10/h6-8,10H,3-5H2,1-2H3/t7-,8-,10+/m0/s1. The molecule has 14 heavy (non-hydrogen) atoms. The number of carbonyl (C=O) groups is 1. The molecule has 0 bridgehead atoms. The van der Waals surface area contributed by atoms with Crippen LogP contribution in [0.2, 0.25) is 0 Å². The third-order valence-corrected chi connectivity index (χ3v) is 2.72. The summed E-state index contributed by atoms with van der Waals surface area (Å²) in [5.74, 6) is 0.0280. The van der Waals surface area contributed by atoms with Gasteiger partial charge in [-0.25, -0.2) is 0 Å². The number of hydrogen-bond donors (Lipinski definition) is 0. The Labute approximate surface area is 83.5 Å². The smallest absolute Gasteiger partial charge is 0.308 e. The molecule has 0 aromatic carbocycles. The maximum Gasteiger partial charge on any atom is 0.308 e. The molecule has 0 N–H and O–H groups in total. The number of rotatable bonds is 2. The molecular formula is C10H16O4. The second-order valence-corrected chi connectivity index (χ2v) is 4.16. The molecule has 2 fully saturated rings. The predicted octanol–water partition coefficient (Wildman–Crippen LogP) is 0.947. The Balaban J connectivity index is 1.90. The van der Waals surface area contributed by atoms with Gasteiger partial charge in [0.15, 0.2) is 6.29 Å². The summed E-state index contributed by atoms with van der Waals surface area (Å²) in [6.45, 7) is 4.86. The van der Waals surface area contributed by atoms with Gasteiger partial charge in [0.25, 0.3) is 0 Å².